The predicted octanol–water partition coefficient (Wildman–Crippen LogP) is 3.20. The summed E-state index contributed by atoms with van der Waals surface area (Å²) in [5.41, 5.74) is 3.72. The number of hydrogen-bond donors (Lipinski definition) is 2. The molecule has 0 heterocycles. The Hall–Kier alpha value is -2.33. The number of anilines is 1. The number of aliphatic hydroxyl groups is 1. The number of carbonyl (C=O) groups is 1. The van der Waals surface area contributed by atoms with Gasteiger partial charge in [-0.25, -0.2) is 0 Å². The van der Waals surface area contributed by atoms with Crippen LogP contribution < -0.4 is 10.1 Å². The molecule has 0 radical (unpaired) electrons. The van der Waals surface area contributed by atoms with E-state index < -0.39 is 0 Å². The first-order chi connectivity index (χ1) is 10.6. The van der Waals surface area contributed by atoms with E-state index in [0.29, 0.717) is 12.3 Å². The average Bonchev–Trinajstić information content (AvgIpc) is 2.51. The van der Waals surface area contributed by atoms with Crippen LogP contribution in [0.15, 0.2) is 42.5 Å². The van der Waals surface area contributed by atoms with E-state index in [2.05, 4.69) is 5.32 Å². The maximum atomic E-state index is 11.9. The number of carbonyl (C=O) groups excluding carboxylic acids is 1. The number of amides is 1. The molecule has 0 aliphatic carbocycles. The summed E-state index contributed by atoms with van der Waals surface area (Å²) in [6.45, 7) is 4.32. The molecule has 2 N–H and O–H groups in total. The Morgan fingerprint density at radius 1 is 1.18 bits per heavy atom. The van der Waals surface area contributed by atoms with Crippen LogP contribution >= 0.6 is 0 Å². The van der Waals surface area contributed by atoms with Crippen LogP contribution in [0.4, 0.5) is 5.69 Å². The summed E-state index contributed by atoms with van der Waals surface area (Å²) in [7, 11) is 0. The van der Waals surface area contributed by atoms with Crippen molar-refractivity contribution in [1.82, 2.24) is 0 Å². The van der Waals surface area contributed by atoms with E-state index in [1.54, 1.807) is 24.3 Å². The Morgan fingerprint density at radius 2 is 1.95 bits per heavy atom. The number of benzene rings is 2. The van der Waals surface area contributed by atoms with Gasteiger partial charge in [-0.15, -0.1) is 0 Å². The van der Waals surface area contributed by atoms with Crippen molar-refractivity contribution in [3.8, 4) is 5.75 Å². The molecule has 0 aliphatic heterocycles. The second-order valence-electron chi connectivity index (χ2n) is 5.20. The summed E-state index contributed by atoms with van der Waals surface area (Å²) in [6, 6.07) is 13.0. The molecule has 0 atom stereocenters. The SMILES string of the molecule is Cc1cccc(OCCC(=O)Nc2cccc(CO)c2)c1C. The molecule has 2 rings (SSSR count). The van der Waals surface area contributed by atoms with Gasteiger partial charge in [0, 0.05) is 5.69 Å². The van der Waals surface area contributed by atoms with Crippen LogP contribution in [0.25, 0.3) is 0 Å². The van der Waals surface area contributed by atoms with Gasteiger partial charge in [0.15, 0.2) is 0 Å². The van der Waals surface area contributed by atoms with E-state index in [9.17, 15) is 4.79 Å². The molecule has 4 nitrogen and oxygen atoms in total. The Kier molecular flexibility index (Phi) is 5.55. The first-order valence-electron chi connectivity index (χ1n) is 7.29. The van der Waals surface area contributed by atoms with Crippen LogP contribution in [0.1, 0.15) is 23.1 Å². The van der Waals surface area contributed by atoms with Crippen molar-refractivity contribution in [3.05, 3.63) is 59.2 Å². The zero-order chi connectivity index (χ0) is 15.9. The van der Waals surface area contributed by atoms with Crippen LogP contribution in [0.3, 0.4) is 0 Å². The van der Waals surface area contributed by atoms with Gasteiger partial charge < -0.3 is 15.2 Å². The monoisotopic (exact) mass is 299 g/mol. The molecule has 0 unspecified atom stereocenters. The summed E-state index contributed by atoms with van der Waals surface area (Å²) in [6.07, 6.45) is 0.275. The van der Waals surface area contributed by atoms with Gasteiger partial charge in [-0.3, -0.25) is 4.79 Å². The smallest absolute Gasteiger partial charge is 0.227 e. The van der Waals surface area contributed by atoms with Gasteiger partial charge in [-0.05, 0) is 48.7 Å². The normalized spacial score (nSPS) is 10.3. The summed E-state index contributed by atoms with van der Waals surface area (Å²) in [4.78, 5) is 11.9. The Morgan fingerprint density at radius 3 is 2.73 bits per heavy atom. The van der Waals surface area contributed by atoms with Crippen LogP contribution in [-0.4, -0.2) is 17.6 Å². The van der Waals surface area contributed by atoms with Gasteiger partial charge in [0.25, 0.3) is 0 Å². The zero-order valence-electron chi connectivity index (χ0n) is 12.9. The molecule has 4 heteroatoms. The molecule has 0 saturated carbocycles. The standard InChI is InChI=1S/C18H21NO3/c1-13-5-3-8-17(14(13)2)22-10-9-18(21)19-16-7-4-6-15(11-16)12-20/h3-8,11,20H,9-10,12H2,1-2H3,(H,19,21). The highest BCUT2D eigenvalue weighted by molar-refractivity contribution is 5.90. The molecule has 0 fully saturated rings. The highest BCUT2D eigenvalue weighted by Gasteiger charge is 2.05. The molecular formula is C18H21NO3. The van der Waals surface area contributed by atoms with Gasteiger partial charge in [0.1, 0.15) is 5.75 Å². The minimum absolute atomic E-state index is 0.0422. The summed E-state index contributed by atoms with van der Waals surface area (Å²) >= 11 is 0. The highest BCUT2D eigenvalue weighted by Crippen LogP contribution is 2.20. The average molecular weight is 299 g/mol. The van der Waals surface area contributed by atoms with E-state index in [4.69, 9.17) is 9.84 Å². The number of aliphatic hydroxyl groups excluding tert-OH is 1. The minimum Gasteiger partial charge on any atom is -0.493 e. The summed E-state index contributed by atoms with van der Waals surface area (Å²) in [5, 5.41) is 11.9. The maximum Gasteiger partial charge on any atom is 0.227 e. The summed E-state index contributed by atoms with van der Waals surface area (Å²) < 4.78 is 5.67. The molecule has 2 aromatic carbocycles. The molecule has 0 saturated heterocycles. The van der Waals surface area contributed by atoms with Gasteiger partial charge in [0.05, 0.1) is 19.6 Å². The fraction of sp³-hybridized carbons (Fsp3) is 0.278. The zero-order valence-corrected chi connectivity index (χ0v) is 12.9. The molecule has 2 aromatic rings. The Balaban J connectivity index is 1.84. The van der Waals surface area contributed by atoms with Crippen molar-refractivity contribution in [3.63, 3.8) is 0 Å². The lowest BCUT2D eigenvalue weighted by atomic mass is 10.1. The molecule has 0 aliphatic rings. The first kappa shape index (κ1) is 16.0. The van der Waals surface area contributed by atoms with E-state index >= 15 is 0 Å². The number of hydrogen-bond acceptors (Lipinski definition) is 3. The number of rotatable bonds is 6. The molecule has 116 valence electrons. The molecule has 0 spiro atoms. The third kappa shape index (κ3) is 4.33. The molecule has 1 amide bonds. The topological polar surface area (TPSA) is 58.6 Å². The quantitative estimate of drug-likeness (QED) is 0.861. The van der Waals surface area contributed by atoms with E-state index in [1.807, 2.05) is 32.0 Å². The van der Waals surface area contributed by atoms with Crippen molar-refractivity contribution in [2.75, 3.05) is 11.9 Å². The minimum atomic E-state index is -0.111. The van der Waals surface area contributed by atoms with Gasteiger partial charge in [-0.1, -0.05) is 24.3 Å². The van der Waals surface area contributed by atoms with Crippen LogP contribution in [0.2, 0.25) is 0 Å². The van der Waals surface area contributed by atoms with E-state index in [0.717, 1.165) is 16.9 Å². The fourth-order valence-electron chi connectivity index (χ4n) is 2.11. The maximum absolute atomic E-state index is 11.9. The lowest BCUT2D eigenvalue weighted by Crippen LogP contribution is -2.15. The fourth-order valence-corrected chi connectivity index (χ4v) is 2.11. The lowest BCUT2D eigenvalue weighted by Gasteiger charge is -2.11. The second kappa shape index (κ2) is 7.61. The van der Waals surface area contributed by atoms with Crippen molar-refractivity contribution < 1.29 is 14.6 Å². The molecule has 22 heavy (non-hydrogen) atoms. The number of nitrogens with one attached hydrogen (secondary N) is 1. The Labute approximate surface area is 130 Å². The number of ether oxygens (including phenoxy) is 1. The van der Waals surface area contributed by atoms with Crippen molar-refractivity contribution in [1.29, 1.82) is 0 Å². The van der Waals surface area contributed by atoms with Crippen molar-refractivity contribution >= 4 is 11.6 Å². The Bertz CT molecular complexity index is 653. The van der Waals surface area contributed by atoms with Gasteiger partial charge >= 0.3 is 0 Å². The molecule has 0 aromatic heterocycles. The predicted molar refractivity (Wildman–Crippen MR) is 87.0 cm³/mol. The number of aryl methyl sites for hydroxylation is 1. The van der Waals surface area contributed by atoms with Crippen LogP contribution in [-0.2, 0) is 11.4 Å². The third-order valence-electron chi connectivity index (χ3n) is 3.53. The van der Waals surface area contributed by atoms with Gasteiger partial charge in [0.2, 0.25) is 5.91 Å². The van der Waals surface area contributed by atoms with Crippen LogP contribution in [0.5, 0.6) is 5.75 Å². The third-order valence-corrected chi connectivity index (χ3v) is 3.53. The van der Waals surface area contributed by atoms with Crippen LogP contribution in [0, 0.1) is 13.8 Å². The largest absolute Gasteiger partial charge is 0.493 e. The van der Waals surface area contributed by atoms with Crippen molar-refractivity contribution in [2.24, 2.45) is 0 Å². The lowest BCUT2D eigenvalue weighted by molar-refractivity contribution is -0.116. The van der Waals surface area contributed by atoms with E-state index in [-0.39, 0.29) is 18.9 Å². The molecule has 0 bridgehead atoms. The van der Waals surface area contributed by atoms with Gasteiger partial charge in [-0.2, -0.15) is 0 Å². The van der Waals surface area contributed by atoms with Crippen molar-refractivity contribution in [2.45, 2.75) is 26.9 Å². The highest BCUT2D eigenvalue weighted by atomic mass is 16.5. The van der Waals surface area contributed by atoms with E-state index in [1.165, 1.54) is 5.56 Å². The second-order valence-corrected chi connectivity index (χ2v) is 5.20. The molecular weight excluding hydrogens is 278 g/mol. The first-order valence-corrected chi connectivity index (χ1v) is 7.29. The summed E-state index contributed by atoms with van der Waals surface area (Å²) in [5.74, 6) is 0.704.